The summed E-state index contributed by atoms with van der Waals surface area (Å²) in [5.74, 6) is -0.801. The summed E-state index contributed by atoms with van der Waals surface area (Å²) in [6.07, 6.45) is 1.03. The van der Waals surface area contributed by atoms with E-state index in [1.54, 1.807) is 18.3 Å². The van der Waals surface area contributed by atoms with Crippen molar-refractivity contribution in [3.63, 3.8) is 0 Å². The summed E-state index contributed by atoms with van der Waals surface area (Å²) in [6, 6.07) is 5.41. The van der Waals surface area contributed by atoms with Crippen LogP contribution in [0.2, 0.25) is 0 Å². The molecule has 18 heavy (non-hydrogen) atoms. The molecule has 0 aliphatic rings. The Bertz CT molecular complexity index is 359. The van der Waals surface area contributed by atoms with Crippen molar-refractivity contribution in [3.8, 4) is 0 Å². The molecule has 100 valence electrons. The average Bonchev–Trinajstić information content (AvgIpc) is 2.37. The van der Waals surface area contributed by atoms with Crippen molar-refractivity contribution < 1.29 is 13.9 Å². The van der Waals surface area contributed by atoms with Crippen LogP contribution in [0, 0.1) is 0 Å². The van der Waals surface area contributed by atoms with Crippen LogP contribution in [0.4, 0.5) is 4.39 Å². The smallest absolute Gasteiger partial charge is 0.309 e. The van der Waals surface area contributed by atoms with Crippen LogP contribution >= 0.6 is 0 Å². The van der Waals surface area contributed by atoms with Gasteiger partial charge in [-0.3, -0.25) is 9.78 Å². The van der Waals surface area contributed by atoms with Crippen LogP contribution < -0.4 is 5.73 Å². The molecule has 0 fully saturated rings. The maximum atomic E-state index is 13.1. The highest BCUT2D eigenvalue weighted by Crippen LogP contribution is 2.17. The first-order valence-electron chi connectivity index (χ1n) is 6.11. The summed E-state index contributed by atoms with van der Waals surface area (Å²) in [4.78, 5) is 15.7. The van der Waals surface area contributed by atoms with Gasteiger partial charge in [0.15, 0.2) is 0 Å². The van der Waals surface area contributed by atoms with Crippen molar-refractivity contribution >= 4 is 5.97 Å². The molecule has 0 aliphatic heterocycles. The zero-order valence-electron chi connectivity index (χ0n) is 10.5. The van der Waals surface area contributed by atoms with Crippen molar-refractivity contribution in [2.45, 2.75) is 38.5 Å². The summed E-state index contributed by atoms with van der Waals surface area (Å²) in [7, 11) is 0. The van der Waals surface area contributed by atoms with E-state index in [9.17, 15) is 9.18 Å². The predicted octanol–water partition coefficient (Wildman–Crippen LogP) is 2.15. The van der Waals surface area contributed by atoms with Gasteiger partial charge in [0.2, 0.25) is 6.36 Å². The molecule has 2 unspecified atom stereocenters. The lowest BCUT2D eigenvalue weighted by Gasteiger charge is -2.14. The first-order valence-corrected chi connectivity index (χ1v) is 6.11. The molecule has 0 amide bonds. The van der Waals surface area contributed by atoms with Gasteiger partial charge in [0.1, 0.15) is 0 Å². The molecule has 5 heteroatoms. The molecule has 0 radical (unpaired) electrons. The van der Waals surface area contributed by atoms with Crippen molar-refractivity contribution in [1.82, 2.24) is 4.98 Å². The predicted molar refractivity (Wildman–Crippen MR) is 66.5 cm³/mol. The van der Waals surface area contributed by atoms with Crippen LogP contribution in [-0.2, 0) is 9.53 Å². The molecule has 4 nitrogen and oxygen atoms in total. The normalized spacial score (nSPS) is 13.9. The van der Waals surface area contributed by atoms with E-state index in [1.165, 1.54) is 0 Å². The molecule has 2 atom stereocenters. The van der Waals surface area contributed by atoms with E-state index in [4.69, 9.17) is 5.73 Å². The Balaban J connectivity index is 2.51. The fraction of sp³-hybridized carbons (Fsp3) is 0.538. The molecule has 1 rings (SSSR count). The Morgan fingerprint density at radius 1 is 1.56 bits per heavy atom. The third-order valence-electron chi connectivity index (χ3n) is 2.58. The number of nitrogens with zero attached hydrogens (tertiary/aromatic N) is 1. The number of esters is 1. The number of nitrogens with two attached hydrogens (primary N) is 1. The molecule has 0 spiro atoms. The van der Waals surface area contributed by atoms with Crippen molar-refractivity contribution in [2.75, 3.05) is 6.54 Å². The number of halogens is 1. The van der Waals surface area contributed by atoms with E-state index >= 15 is 0 Å². The summed E-state index contributed by atoms with van der Waals surface area (Å²) < 4.78 is 17.8. The second-order valence-electron chi connectivity index (χ2n) is 4.08. The number of ether oxygens (including phenoxy) is 1. The van der Waals surface area contributed by atoms with Gasteiger partial charge in [0.25, 0.3) is 0 Å². The van der Waals surface area contributed by atoms with Gasteiger partial charge in [0.05, 0.1) is 6.42 Å². The molecule has 0 aromatic carbocycles. The molecule has 2 N–H and O–H groups in total. The lowest BCUT2D eigenvalue weighted by Crippen LogP contribution is -2.21. The molecule has 1 heterocycles. The van der Waals surface area contributed by atoms with E-state index in [2.05, 4.69) is 9.72 Å². The van der Waals surface area contributed by atoms with E-state index < -0.39 is 12.3 Å². The number of hydrogen-bond donors (Lipinski definition) is 1. The monoisotopic (exact) mass is 254 g/mol. The number of carbonyl (C=O) groups is 1. The Hall–Kier alpha value is -1.49. The van der Waals surface area contributed by atoms with Gasteiger partial charge in [-0.05, 0) is 18.6 Å². The van der Waals surface area contributed by atoms with Crippen molar-refractivity contribution in [1.29, 1.82) is 0 Å². The first-order chi connectivity index (χ1) is 8.67. The number of rotatable bonds is 7. The maximum Gasteiger partial charge on any atom is 0.309 e. The first kappa shape index (κ1) is 14.6. The Kier molecular flexibility index (Phi) is 6.28. The topological polar surface area (TPSA) is 65.2 Å². The molecule has 0 aliphatic carbocycles. The van der Waals surface area contributed by atoms with E-state index in [-0.39, 0.29) is 25.3 Å². The minimum atomic E-state index is -1.52. The molecule has 1 aromatic rings. The number of pyridine rings is 1. The summed E-state index contributed by atoms with van der Waals surface area (Å²) in [5.41, 5.74) is 6.33. The molecule has 0 saturated heterocycles. The largest absolute Gasteiger partial charge is 0.431 e. The van der Waals surface area contributed by atoms with Crippen LogP contribution in [0.15, 0.2) is 24.4 Å². The van der Waals surface area contributed by atoms with Crippen LogP contribution in [0.1, 0.15) is 37.8 Å². The van der Waals surface area contributed by atoms with E-state index in [0.717, 1.165) is 5.69 Å². The zero-order valence-corrected chi connectivity index (χ0v) is 10.5. The van der Waals surface area contributed by atoms with Gasteiger partial charge in [-0.2, -0.15) is 0 Å². The van der Waals surface area contributed by atoms with Gasteiger partial charge < -0.3 is 10.5 Å². The Morgan fingerprint density at radius 2 is 2.33 bits per heavy atom. The molecule has 0 bridgehead atoms. The fourth-order valence-corrected chi connectivity index (χ4v) is 1.60. The van der Waals surface area contributed by atoms with Gasteiger partial charge in [-0.1, -0.05) is 13.0 Å². The number of hydrogen-bond acceptors (Lipinski definition) is 4. The highest BCUT2D eigenvalue weighted by molar-refractivity contribution is 5.70. The fourth-order valence-electron chi connectivity index (χ4n) is 1.60. The SMILES string of the molecule is CCCC(F)OC(=O)CC(CN)c1ccccn1. The standard InChI is InChI=1S/C13H19FN2O2/c1-2-5-12(14)18-13(17)8-10(9-15)11-6-3-4-7-16-11/h3-4,6-7,10,12H,2,5,8-9,15H2,1H3. The van der Waals surface area contributed by atoms with Gasteiger partial charge in [-0.15, -0.1) is 0 Å². The second-order valence-corrected chi connectivity index (χ2v) is 4.08. The van der Waals surface area contributed by atoms with Crippen LogP contribution in [0.3, 0.4) is 0 Å². The van der Waals surface area contributed by atoms with Gasteiger partial charge in [-0.25, -0.2) is 4.39 Å². The lowest BCUT2D eigenvalue weighted by atomic mass is 10.0. The molecular formula is C13H19FN2O2. The second kappa shape index (κ2) is 7.76. The Morgan fingerprint density at radius 3 is 2.89 bits per heavy atom. The van der Waals surface area contributed by atoms with Gasteiger partial charge >= 0.3 is 5.97 Å². The zero-order chi connectivity index (χ0) is 13.4. The number of alkyl halides is 1. The van der Waals surface area contributed by atoms with Crippen LogP contribution in [-0.4, -0.2) is 23.9 Å². The highest BCUT2D eigenvalue weighted by Gasteiger charge is 2.19. The van der Waals surface area contributed by atoms with Crippen molar-refractivity contribution in [3.05, 3.63) is 30.1 Å². The third-order valence-corrected chi connectivity index (χ3v) is 2.58. The summed E-state index contributed by atoms with van der Waals surface area (Å²) in [6.45, 7) is 2.10. The number of carbonyl (C=O) groups excluding carboxylic acids is 1. The van der Waals surface area contributed by atoms with Gasteiger partial charge in [0, 0.05) is 30.8 Å². The maximum absolute atomic E-state index is 13.1. The minimum absolute atomic E-state index is 0.0532. The van der Waals surface area contributed by atoms with E-state index in [0.29, 0.717) is 6.42 Å². The van der Waals surface area contributed by atoms with Crippen LogP contribution in [0.5, 0.6) is 0 Å². The molecule has 0 saturated carbocycles. The minimum Gasteiger partial charge on any atom is -0.431 e. The third kappa shape index (κ3) is 4.79. The Labute approximate surface area is 106 Å². The van der Waals surface area contributed by atoms with Crippen LogP contribution in [0.25, 0.3) is 0 Å². The lowest BCUT2D eigenvalue weighted by molar-refractivity contribution is -0.158. The quantitative estimate of drug-likeness (QED) is 0.757. The summed E-state index contributed by atoms with van der Waals surface area (Å²) >= 11 is 0. The van der Waals surface area contributed by atoms with Crippen molar-refractivity contribution in [2.24, 2.45) is 5.73 Å². The average molecular weight is 254 g/mol. The van der Waals surface area contributed by atoms with E-state index in [1.807, 2.05) is 13.0 Å². The highest BCUT2D eigenvalue weighted by atomic mass is 19.1. The molecular weight excluding hydrogens is 235 g/mol. The number of aromatic nitrogens is 1. The summed E-state index contributed by atoms with van der Waals surface area (Å²) in [5, 5.41) is 0. The molecule has 1 aromatic heterocycles.